The van der Waals surface area contributed by atoms with E-state index in [9.17, 15) is 9.59 Å². The predicted molar refractivity (Wildman–Crippen MR) is 201 cm³/mol. The van der Waals surface area contributed by atoms with Crippen molar-refractivity contribution < 1.29 is 23.8 Å². The Morgan fingerprint density at radius 1 is 0.894 bits per heavy atom. The zero-order chi connectivity index (χ0) is 32.2. The summed E-state index contributed by atoms with van der Waals surface area (Å²) in [5.74, 6) is 0.651. The quantitative estimate of drug-likeness (QED) is 0.169. The third-order valence-corrected chi connectivity index (χ3v) is 8.77. The molecule has 2 aliphatic carbocycles. The Morgan fingerprint density at radius 3 is 2.11 bits per heavy atom. The van der Waals surface area contributed by atoms with E-state index < -0.39 is 11.7 Å². The second kappa shape index (κ2) is 27.9. The van der Waals surface area contributed by atoms with Gasteiger partial charge in [-0.05, 0) is 91.1 Å². The van der Waals surface area contributed by atoms with Crippen LogP contribution >= 0.6 is 37.2 Å². The molecule has 2 saturated carbocycles. The van der Waals surface area contributed by atoms with Crippen molar-refractivity contribution in [1.29, 1.82) is 0 Å². The zero-order valence-corrected chi connectivity index (χ0v) is 31.8. The Labute approximate surface area is 304 Å². The van der Waals surface area contributed by atoms with E-state index in [1.54, 1.807) is 6.08 Å². The molecule has 47 heavy (non-hydrogen) atoms. The van der Waals surface area contributed by atoms with Crippen molar-refractivity contribution in [2.75, 3.05) is 45.9 Å². The molecule has 4 rings (SSSR count). The molecule has 0 aromatic rings. The number of nitrogens with one attached hydrogen (secondary N) is 2. The van der Waals surface area contributed by atoms with Gasteiger partial charge in [-0.15, -0.1) is 50.4 Å². The first kappa shape index (κ1) is 48.2. The van der Waals surface area contributed by atoms with Gasteiger partial charge < -0.3 is 40.3 Å². The smallest absolute Gasteiger partial charge is 0.407 e. The molecule has 2 saturated heterocycles. The summed E-state index contributed by atoms with van der Waals surface area (Å²) in [7, 11) is 0. The number of amides is 1. The normalized spacial score (nSPS) is 27.6. The average Bonchev–Trinajstić information content (AvgIpc) is 3.01. The monoisotopic (exact) mass is 728 g/mol. The van der Waals surface area contributed by atoms with E-state index in [1.165, 1.54) is 64.5 Å². The second-order valence-corrected chi connectivity index (χ2v) is 13.8. The van der Waals surface area contributed by atoms with E-state index in [-0.39, 0.29) is 49.2 Å². The highest BCUT2D eigenvalue weighted by Gasteiger charge is 2.28. The summed E-state index contributed by atoms with van der Waals surface area (Å²) in [5, 5.41) is 6.07. The number of hydrogen-bond acceptors (Lipinski definition) is 8. The van der Waals surface area contributed by atoms with Gasteiger partial charge in [-0.1, -0.05) is 37.8 Å². The van der Waals surface area contributed by atoms with Crippen molar-refractivity contribution >= 4 is 49.6 Å². The van der Waals surface area contributed by atoms with E-state index in [0.29, 0.717) is 37.4 Å². The number of alkyl carbamates (subject to hydrolysis) is 1. The lowest BCUT2D eigenvalue weighted by Crippen LogP contribution is -2.46. The van der Waals surface area contributed by atoms with Crippen LogP contribution in [0.4, 0.5) is 4.79 Å². The molecule has 1 amide bonds. The maximum atomic E-state index is 11.5. The van der Waals surface area contributed by atoms with Crippen LogP contribution in [0.25, 0.3) is 0 Å². The highest BCUT2D eigenvalue weighted by molar-refractivity contribution is 5.86. The summed E-state index contributed by atoms with van der Waals surface area (Å²) < 4.78 is 16.4. The lowest BCUT2D eigenvalue weighted by atomic mass is 9.84. The first-order valence-electron chi connectivity index (χ1n) is 17.2. The molecule has 0 bridgehead atoms. The largest absolute Gasteiger partial charge is 0.444 e. The summed E-state index contributed by atoms with van der Waals surface area (Å²) in [6.45, 7) is 19.8. The molecule has 4 aliphatic rings. The molecule has 9 nitrogen and oxygen atoms in total. The predicted octanol–water partition coefficient (Wildman–Crippen LogP) is 6.65. The number of aldehydes is 1. The number of rotatable bonds is 10. The third-order valence-electron chi connectivity index (χ3n) is 8.77. The Bertz CT molecular complexity index is 830. The fourth-order valence-corrected chi connectivity index (χ4v) is 6.44. The van der Waals surface area contributed by atoms with Crippen LogP contribution in [0.1, 0.15) is 97.8 Å². The van der Waals surface area contributed by atoms with E-state index in [4.69, 9.17) is 19.9 Å². The number of carbonyl (C=O) groups is 2. The lowest BCUT2D eigenvalue weighted by Gasteiger charge is -2.37. The second-order valence-electron chi connectivity index (χ2n) is 13.8. The van der Waals surface area contributed by atoms with Crippen molar-refractivity contribution in [3.63, 3.8) is 0 Å². The fraction of sp³-hybridized carbons (Fsp3) is 0.829. The number of carbonyl (C=O) groups excluding carboxylic acids is 2. The number of piperidine rings is 2. The highest BCUT2D eigenvalue weighted by Crippen LogP contribution is 2.26. The number of halogens is 3. The summed E-state index contributed by atoms with van der Waals surface area (Å²) in [5.41, 5.74) is 5.75. The van der Waals surface area contributed by atoms with Gasteiger partial charge in [0.15, 0.2) is 0 Å². The summed E-state index contributed by atoms with van der Waals surface area (Å²) in [4.78, 5) is 24.9. The SMILES string of the molecule is C=CCO[C@H]1CCCN(C[C@H]2CCCC[C@@H]2N)C1.C=CCO[C@H]1CCCNC1.CC(C)(C)OC(=O)N[C@H]1CCCC[C@@H]1C=O.Cl.Cl.Cl. The average molecular weight is 730 g/mol. The van der Waals surface area contributed by atoms with Crippen LogP contribution in [-0.2, 0) is 19.0 Å². The van der Waals surface area contributed by atoms with Gasteiger partial charge >= 0.3 is 6.09 Å². The molecule has 0 aromatic carbocycles. The molecule has 12 heteroatoms. The summed E-state index contributed by atoms with van der Waals surface area (Å²) >= 11 is 0. The van der Waals surface area contributed by atoms with Gasteiger partial charge in [0.2, 0.25) is 0 Å². The lowest BCUT2D eigenvalue weighted by molar-refractivity contribution is -0.112. The number of ether oxygens (including phenoxy) is 3. The Balaban J connectivity index is 0. The van der Waals surface area contributed by atoms with Gasteiger partial charge in [0.05, 0.1) is 25.4 Å². The minimum Gasteiger partial charge on any atom is -0.444 e. The summed E-state index contributed by atoms with van der Waals surface area (Å²) in [6, 6.07) is 0.370. The van der Waals surface area contributed by atoms with Crippen LogP contribution in [0.2, 0.25) is 0 Å². The van der Waals surface area contributed by atoms with Crippen LogP contribution < -0.4 is 16.4 Å². The van der Waals surface area contributed by atoms with Crippen molar-refractivity contribution in [3.05, 3.63) is 25.3 Å². The number of hydrogen-bond donors (Lipinski definition) is 3. The molecule has 4 fully saturated rings. The van der Waals surface area contributed by atoms with E-state index in [1.807, 2.05) is 26.8 Å². The first-order valence-corrected chi connectivity index (χ1v) is 17.2. The molecule has 0 radical (unpaired) electrons. The van der Waals surface area contributed by atoms with Crippen LogP contribution in [0.3, 0.4) is 0 Å². The molecule has 0 spiro atoms. The first-order chi connectivity index (χ1) is 21.1. The topological polar surface area (TPSA) is 115 Å². The maximum Gasteiger partial charge on any atom is 0.407 e. The molecule has 2 heterocycles. The van der Waals surface area contributed by atoms with Gasteiger partial charge in [-0.3, -0.25) is 0 Å². The fourth-order valence-electron chi connectivity index (χ4n) is 6.44. The van der Waals surface area contributed by atoms with Crippen LogP contribution in [0.15, 0.2) is 25.3 Å². The number of nitrogens with two attached hydrogens (primary N) is 1. The van der Waals surface area contributed by atoms with E-state index >= 15 is 0 Å². The van der Waals surface area contributed by atoms with Gasteiger partial charge in [0.1, 0.15) is 11.9 Å². The third kappa shape index (κ3) is 21.7. The van der Waals surface area contributed by atoms with E-state index in [2.05, 4.69) is 28.7 Å². The standard InChI is InChI=1S/C15H28N2O.C12H21NO3.C8H15NO.3ClH/c1-2-10-18-14-7-5-9-17(12-14)11-13-6-3-4-8-15(13)16;1-12(2,3)16-11(15)13-10-7-5-4-6-9(10)8-14;1-2-6-10-8-4-3-5-9-7-8;;;/h2,13-15H,1,3-12,16H2;8-10H,4-7H2,1-3H3,(H,13,15);2,8-9H,1,3-7H2;3*1H/t13-,14+,15+;9-,10+;8-;;;/m110.../s1. The zero-order valence-electron chi connectivity index (χ0n) is 29.3. The van der Waals surface area contributed by atoms with Gasteiger partial charge in [0, 0.05) is 37.6 Å². The van der Waals surface area contributed by atoms with Crippen molar-refractivity contribution in [2.45, 2.75) is 128 Å². The molecule has 4 N–H and O–H groups in total. The number of likely N-dealkylation sites (tertiary alicyclic amines) is 1. The minimum absolute atomic E-state index is 0. The minimum atomic E-state index is -0.491. The molecule has 2 aliphatic heterocycles. The molecule has 6 atom stereocenters. The van der Waals surface area contributed by atoms with Crippen molar-refractivity contribution in [2.24, 2.45) is 17.6 Å². The Morgan fingerprint density at radius 2 is 1.51 bits per heavy atom. The van der Waals surface area contributed by atoms with Gasteiger partial charge in [-0.25, -0.2) is 4.79 Å². The van der Waals surface area contributed by atoms with Crippen LogP contribution in [-0.4, -0.2) is 93.1 Å². The maximum absolute atomic E-state index is 11.5. The molecular formula is C35H67Cl3N4O5. The molecular weight excluding hydrogens is 663 g/mol. The van der Waals surface area contributed by atoms with Crippen molar-refractivity contribution in [3.8, 4) is 0 Å². The van der Waals surface area contributed by atoms with Crippen molar-refractivity contribution in [1.82, 2.24) is 15.5 Å². The van der Waals surface area contributed by atoms with Gasteiger partial charge in [0.25, 0.3) is 0 Å². The highest BCUT2D eigenvalue weighted by atomic mass is 35.5. The molecule has 278 valence electrons. The Kier molecular flexibility index (Phi) is 28.6. The van der Waals surface area contributed by atoms with Gasteiger partial charge in [-0.2, -0.15) is 0 Å². The van der Waals surface area contributed by atoms with E-state index in [0.717, 1.165) is 51.6 Å². The Hall–Kier alpha value is -0.910. The van der Waals surface area contributed by atoms with Crippen LogP contribution in [0.5, 0.6) is 0 Å². The van der Waals surface area contributed by atoms with Crippen LogP contribution in [0, 0.1) is 11.8 Å². The number of nitrogens with zero attached hydrogens (tertiary/aromatic N) is 1. The molecule has 0 unspecified atom stereocenters. The summed E-state index contributed by atoms with van der Waals surface area (Å²) in [6.07, 6.45) is 18.9. The molecule has 0 aromatic heterocycles.